The van der Waals surface area contributed by atoms with Gasteiger partial charge < -0.3 is 19.7 Å². The average molecular weight is 651 g/mol. The molecular weight excluding hydrogens is 617 g/mol. The monoisotopic (exact) mass is 649 g/mol. The van der Waals surface area contributed by atoms with E-state index in [1.54, 1.807) is 32.9 Å². The van der Waals surface area contributed by atoms with Gasteiger partial charge in [-0.15, -0.1) is 0 Å². The molecule has 0 saturated carbocycles. The molecule has 1 N–H and O–H groups in total. The third-order valence-electron chi connectivity index (χ3n) is 6.18. The molecule has 0 aliphatic carbocycles. The van der Waals surface area contributed by atoms with E-state index in [4.69, 9.17) is 9.47 Å². The summed E-state index contributed by atoms with van der Waals surface area (Å²) in [6.07, 6.45) is 0. The molecule has 0 unspecified atom stereocenters. The third kappa shape index (κ3) is 7.98. The minimum absolute atomic E-state index is 0.0403. The highest BCUT2D eigenvalue weighted by Crippen LogP contribution is 2.32. The molecule has 9 nitrogen and oxygen atoms in total. The first-order valence-electron chi connectivity index (χ1n) is 12.7. The number of ether oxygens (including phenoxy) is 2. The van der Waals surface area contributed by atoms with E-state index >= 15 is 0 Å². The quantitative estimate of drug-likeness (QED) is 0.304. The molecule has 0 aliphatic heterocycles. The van der Waals surface area contributed by atoms with Gasteiger partial charge in [0.15, 0.2) is 11.5 Å². The zero-order valence-electron chi connectivity index (χ0n) is 23.4. The Hall–Kier alpha value is -3.64. The number of carbonyl (C=O) groups excluding carboxylic acids is 2. The number of nitrogens with zero attached hydrogens (tertiary/aromatic N) is 2. The predicted octanol–water partition coefficient (Wildman–Crippen LogP) is 4.74. The fourth-order valence-corrected chi connectivity index (χ4v) is 5.94. The Morgan fingerprint density at radius 3 is 2.20 bits per heavy atom. The summed E-state index contributed by atoms with van der Waals surface area (Å²) in [7, 11) is -1.58. The molecule has 0 saturated heterocycles. The first-order chi connectivity index (χ1) is 19.4. The second-order valence-electron chi connectivity index (χ2n) is 9.50. The minimum Gasteiger partial charge on any atom is -0.493 e. The van der Waals surface area contributed by atoms with Crippen molar-refractivity contribution in [2.45, 2.75) is 44.3 Å². The summed E-state index contributed by atoms with van der Waals surface area (Å²) < 4.78 is 53.9. The van der Waals surface area contributed by atoms with E-state index in [0.717, 1.165) is 26.5 Å². The molecule has 3 rings (SSSR count). The normalized spacial score (nSPS) is 12.0. The number of methoxy groups -OCH3 is 2. The summed E-state index contributed by atoms with van der Waals surface area (Å²) in [6.45, 7) is 4.57. The standard InChI is InChI=1S/C29H33BrFN3O6S/c1-19(2)32-29(36)20(3)33(17-21-7-6-8-22(30)15-21)28(35)18-34(24-11-9-23(31)10-12-24)41(37,38)25-13-14-26(39-4)27(16-25)40-5/h6-16,19-20H,17-18H2,1-5H3,(H,32,36)/t20-/m0/s1. The van der Waals surface area contributed by atoms with E-state index in [9.17, 15) is 22.4 Å². The molecule has 3 aromatic rings. The number of benzene rings is 3. The van der Waals surface area contributed by atoms with E-state index in [0.29, 0.717) is 5.75 Å². The SMILES string of the molecule is COc1ccc(S(=O)(=O)N(CC(=O)N(Cc2cccc(Br)c2)[C@@H](C)C(=O)NC(C)C)c2ccc(F)cc2)cc1OC. The molecule has 1 atom stereocenters. The first-order valence-corrected chi connectivity index (χ1v) is 14.9. The van der Waals surface area contributed by atoms with Gasteiger partial charge in [-0.25, -0.2) is 12.8 Å². The number of hydrogen-bond acceptors (Lipinski definition) is 6. The van der Waals surface area contributed by atoms with Gasteiger partial charge in [-0.2, -0.15) is 0 Å². The third-order valence-corrected chi connectivity index (χ3v) is 8.44. The van der Waals surface area contributed by atoms with Gasteiger partial charge >= 0.3 is 0 Å². The van der Waals surface area contributed by atoms with Crippen LogP contribution in [0.3, 0.4) is 0 Å². The van der Waals surface area contributed by atoms with Crippen molar-refractivity contribution in [1.82, 2.24) is 10.2 Å². The average Bonchev–Trinajstić information content (AvgIpc) is 2.93. The van der Waals surface area contributed by atoms with Crippen LogP contribution in [0.25, 0.3) is 0 Å². The largest absolute Gasteiger partial charge is 0.493 e. The van der Waals surface area contributed by atoms with Gasteiger partial charge in [-0.05, 0) is 74.9 Å². The van der Waals surface area contributed by atoms with Crippen LogP contribution in [0.2, 0.25) is 0 Å². The summed E-state index contributed by atoms with van der Waals surface area (Å²) >= 11 is 3.42. The van der Waals surface area contributed by atoms with Crippen LogP contribution in [0.1, 0.15) is 26.3 Å². The molecule has 0 aromatic heterocycles. The maximum absolute atomic E-state index is 14.0. The molecule has 0 fully saturated rings. The maximum Gasteiger partial charge on any atom is 0.264 e. The smallest absolute Gasteiger partial charge is 0.264 e. The lowest BCUT2D eigenvalue weighted by Gasteiger charge is -2.32. The lowest BCUT2D eigenvalue weighted by Crippen LogP contribution is -2.52. The van der Waals surface area contributed by atoms with Crippen LogP contribution in [-0.2, 0) is 26.2 Å². The van der Waals surface area contributed by atoms with Crippen LogP contribution >= 0.6 is 15.9 Å². The van der Waals surface area contributed by atoms with Gasteiger partial charge in [-0.3, -0.25) is 13.9 Å². The fraction of sp³-hybridized carbons (Fsp3) is 0.310. The van der Waals surface area contributed by atoms with Gasteiger partial charge in [0, 0.05) is 23.1 Å². The Bertz CT molecular complexity index is 1480. The zero-order chi connectivity index (χ0) is 30.3. The highest BCUT2D eigenvalue weighted by atomic mass is 79.9. The molecule has 0 heterocycles. The van der Waals surface area contributed by atoms with Crippen LogP contribution in [0, 0.1) is 5.82 Å². The van der Waals surface area contributed by atoms with Crippen molar-refractivity contribution in [1.29, 1.82) is 0 Å². The molecule has 220 valence electrons. The van der Waals surface area contributed by atoms with Gasteiger partial charge in [0.2, 0.25) is 11.8 Å². The fourth-order valence-electron chi connectivity index (χ4n) is 4.06. The van der Waals surface area contributed by atoms with Crippen molar-refractivity contribution in [2.24, 2.45) is 0 Å². The van der Waals surface area contributed by atoms with Crippen molar-refractivity contribution < 1.29 is 31.9 Å². The number of rotatable bonds is 12. The molecule has 0 radical (unpaired) electrons. The number of nitrogens with one attached hydrogen (secondary N) is 1. The number of amides is 2. The molecule has 0 spiro atoms. The lowest BCUT2D eigenvalue weighted by molar-refractivity contribution is -0.139. The molecule has 0 bridgehead atoms. The highest BCUT2D eigenvalue weighted by molar-refractivity contribution is 9.10. The van der Waals surface area contributed by atoms with Crippen molar-refractivity contribution in [3.8, 4) is 11.5 Å². The zero-order valence-corrected chi connectivity index (χ0v) is 25.8. The number of anilines is 1. The molecule has 3 aromatic carbocycles. The number of sulfonamides is 1. The van der Waals surface area contributed by atoms with E-state index in [1.165, 1.54) is 49.5 Å². The Morgan fingerprint density at radius 1 is 0.951 bits per heavy atom. The summed E-state index contributed by atoms with van der Waals surface area (Å²) in [6, 6.07) is 15.0. The van der Waals surface area contributed by atoms with Crippen molar-refractivity contribution in [2.75, 3.05) is 25.1 Å². The van der Waals surface area contributed by atoms with Gasteiger partial charge in [0.25, 0.3) is 10.0 Å². The Morgan fingerprint density at radius 2 is 1.61 bits per heavy atom. The molecule has 2 amide bonds. The van der Waals surface area contributed by atoms with Gasteiger partial charge in [-0.1, -0.05) is 28.1 Å². The summed E-state index contributed by atoms with van der Waals surface area (Å²) in [5.41, 5.74) is 0.796. The first kappa shape index (κ1) is 31.9. The van der Waals surface area contributed by atoms with Crippen molar-refractivity contribution in [3.63, 3.8) is 0 Å². The lowest BCUT2D eigenvalue weighted by atomic mass is 10.1. The second-order valence-corrected chi connectivity index (χ2v) is 12.3. The highest BCUT2D eigenvalue weighted by Gasteiger charge is 2.33. The maximum atomic E-state index is 14.0. The van der Waals surface area contributed by atoms with Crippen LogP contribution < -0.4 is 19.1 Å². The Kier molecular flexibility index (Phi) is 10.7. The predicted molar refractivity (Wildman–Crippen MR) is 158 cm³/mol. The number of halogens is 2. The summed E-state index contributed by atoms with van der Waals surface area (Å²) in [4.78, 5) is 28.1. The van der Waals surface area contributed by atoms with Crippen LogP contribution in [0.4, 0.5) is 10.1 Å². The van der Waals surface area contributed by atoms with E-state index < -0.39 is 34.3 Å². The van der Waals surface area contributed by atoms with Crippen molar-refractivity contribution >= 4 is 43.5 Å². The van der Waals surface area contributed by atoms with E-state index in [1.807, 2.05) is 12.1 Å². The van der Waals surface area contributed by atoms with Crippen LogP contribution in [-0.4, -0.2) is 58.0 Å². The summed E-state index contributed by atoms with van der Waals surface area (Å²) in [5, 5.41) is 2.80. The number of hydrogen-bond donors (Lipinski definition) is 1. The summed E-state index contributed by atoms with van der Waals surface area (Å²) in [5.74, 6) is -1.10. The molecule has 41 heavy (non-hydrogen) atoms. The minimum atomic E-state index is -4.38. The van der Waals surface area contributed by atoms with Gasteiger partial charge in [0.05, 0.1) is 24.8 Å². The Balaban J connectivity index is 2.07. The van der Waals surface area contributed by atoms with Crippen molar-refractivity contribution in [3.05, 3.63) is 82.6 Å². The topological polar surface area (TPSA) is 105 Å². The molecular formula is C29H33BrFN3O6S. The second kappa shape index (κ2) is 13.8. The van der Waals surface area contributed by atoms with Crippen LogP contribution in [0.15, 0.2) is 76.1 Å². The molecule has 0 aliphatic rings. The Labute approximate surface area is 248 Å². The number of carbonyl (C=O) groups is 2. The van der Waals surface area contributed by atoms with E-state index in [2.05, 4.69) is 21.2 Å². The molecule has 12 heteroatoms. The van der Waals surface area contributed by atoms with E-state index in [-0.39, 0.29) is 34.8 Å². The van der Waals surface area contributed by atoms with Crippen LogP contribution in [0.5, 0.6) is 11.5 Å². The van der Waals surface area contributed by atoms with Gasteiger partial charge in [0.1, 0.15) is 18.4 Å².